The fourth-order valence-corrected chi connectivity index (χ4v) is 2.17. The highest BCUT2D eigenvalue weighted by molar-refractivity contribution is 5.85. The first kappa shape index (κ1) is 15.6. The molecular formula is C17H25N3O. The molecule has 114 valence electrons. The van der Waals surface area contributed by atoms with Gasteiger partial charge in [-0.3, -0.25) is 0 Å². The van der Waals surface area contributed by atoms with Crippen LogP contribution in [0.3, 0.4) is 0 Å². The highest BCUT2D eigenvalue weighted by Crippen LogP contribution is 2.37. The number of anilines is 1. The van der Waals surface area contributed by atoms with Gasteiger partial charge in [-0.2, -0.15) is 5.10 Å². The van der Waals surface area contributed by atoms with E-state index in [4.69, 9.17) is 10.5 Å². The van der Waals surface area contributed by atoms with Crippen molar-refractivity contribution in [2.24, 2.45) is 10.8 Å². The summed E-state index contributed by atoms with van der Waals surface area (Å²) in [4.78, 5) is 0. The Kier molecular flexibility index (Phi) is 5.39. The molecule has 21 heavy (non-hydrogen) atoms. The first-order valence-corrected chi connectivity index (χ1v) is 7.70. The monoisotopic (exact) mass is 287 g/mol. The van der Waals surface area contributed by atoms with Crippen molar-refractivity contribution in [3.05, 3.63) is 29.8 Å². The molecule has 0 aliphatic carbocycles. The van der Waals surface area contributed by atoms with E-state index in [9.17, 15) is 0 Å². The topological polar surface area (TPSA) is 50.8 Å². The molecule has 1 aromatic carbocycles. The molecule has 0 aromatic heterocycles. The Morgan fingerprint density at radius 3 is 2.90 bits per heavy atom. The van der Waals surface area contributed by atoms with Crippen molar-refractivity contribution < 1.29 is 4.74 Å². The minimum Gasteiger partial charge on any atom is -0.491 e. The van der Waals surface area contributed by atoms with Crippen LogP contribution in [0.25, 0.3) is 6.08 Å². The second kappa shape index (κ2) is 7.27. The molecule has 0 fully saturated rings. The molecule has 1 aliphatic rings. The van der Waals surface area contributed by atoms with Gasteiger partial charge in [-0.25, -0.2) is 5.01 Å². The van der Waals surface area contributed by atoms with Gasteiger partial charge in [0, 0.05) is 11.3 Å². The van der Waals surface area contributed by atoms with Crippen molar-refractivity contribution in [1.82, 2.24) is 0 Å². The number of hydrogen-bond donors (Lipinski definition) is 1. The molecule has 2 rings (SSSR count). The normalized spacial score (nSPS) is 17.8. The molecule has 4 nitrogen and oxygen atoms in total. The number of benzene rings is 1. The Morgan fingerprint density at radius 1 is 1.38 bits per heavy atom. The first-order valence-electron chi connectivity index (χ1n) is 7.70. The Morgan fingerprint density at radius 2 is 2.19 bits per heavy atom. The van der Waals surface area contributed by atoms with Gasteiger partial charge in [0.15, 0.2) is 0 Å². The fourth-order valence-electron chi connectivity index (χ4n) is 2.17. The van der Waals surface area contributed by atoms with Gasteiger partial charge in [0.25, 0.3) is 0 Å². The number of nitrogens with zero attached hydrogens (tertiary/aromatic N) is 2. The van der Waals surface area contributed by atoms with E-state index in [0.717, 1.165) is 48.6 Å². The van der Waals surface area contributed by atoms with E-state index in [-0.39, 0.29) is 6.17 Å². The van der Waals surface area contributed by atoms with Crippen LogP contribution in [0.2, 0.25) is 0 Å². The smallest absolute Gasteiger partial charge is 0.145 e. The second-order valence-electron chi connectivity index (χ2n) is 5.28. The maximum Gasteiger partial charge on any atom is 0.145 e. The third-order valence-electron chi connectivity index (χ3n) is 3.56. The Bertz CT molecular complexity index is 537. The molecule has 0 saturated carbocycles. The van der Waals surface area contributed by atoms with E-state index in [0.29, 0.717) is 0 Å². The number of ether oxygens (including phenoxy) is 1. The molecule has 1 aliphatic heterocycles. The highest BCUT2D eigenvalue weighted by Gasteiger charge is 2.23. The molecular weight excluding hydrogens is 262 g/mol. The SMILES string of the molecule is CCCCOc1cccc2c1N(/N=C(/C)CC)C(N)C=C2. The Balaban J connectivity index is 2.37. The predicted molar refractivity (Wildman–Crippen MR) is 89.7 cm³/mol. The van der Waals surface area contributed by atoms with Gasteiger partial charge in [-0.1, -0.05) is 38.5 Å². The fraction of sp³-hybridized carbons (Fsp3) is 0.471. The zero-order valence-electron chi connectivity index (χ0n) is 13.2. The molecule has 1 atom stereocenters. The lowest BCUT2D eigenvalue weighted by atomic mass is 10.1. The minimum absolute atomic E-state index is 0.255. The number of para-hydroxylation sites is 1. The Labute approximate surface area is 127 Å². The molecule has 2 N–H and O–H groups in total. The molecule has 0 amide bonds. The van der Waals surface area contributed by atoms with Crippen molar-refractivity contribution in [2.75, 3.05) is 11.6 Å². The van der Waals surface area contributed by atoms with Crippen LogP contribution in [0, 0.1) is 0 Å². The molecule has 0 bridgehead atoms. The lowest BCUT2D eigenvalue weighted by Crippen LogP contribution is -2.39. The van der Waals surface area contributed by atoms with Crippen LogP contribution in [-0.2, 0) is 0 Å². The largest absolute Gasteiger partial charge is 0.491 e. The summed E-state index contributed by atoms with van der Waals surface area (Å²) in [6.07, 6.45) is 6.81. The van der Waals surface area contributed by atoms with E-state index in [1.165, 1.54) is 0 Å². The third kappa shape index (κ3) is 3.64. The summed E-state index contributed by atoms with van der Waals surface area (Å²) in [6, 6.07) is 6.06. The lowest BCUT2D eigenvalue weighted by Gasteiger charge is -2.31. The van der Waals surface area contributed by atoms with Gasteiger partial charge in [-0.15, -0.1) is 0 Å². The third-order valence-corrected chi connectivity index (χ3v) is 3.56. The number of unbranched alkanes of at least 4 members (excludes halogenated alkanes) is 1. The van der Waals surface area contributed by atoms with E-state index >= 15 is 0 Å². The van der Waals surface area contributed by atoms with Crippen LogP contribution < -0.4 is 15.5 Å². The van der Waals surface area contributed by atoms with Crippen LogP contribution in [0.1, 0.15) is 45.6 Å². The summed E-state index contributed by atoms with van der Waals surface area (Å²) < 4.78 is 5.94. The van der Waals surface area contributed by atoms with Crippen molar-refractivity contribution in [3.63, 3.8) is 0 Å². The number of hydrogen-bond acceptors (Lipinski definition) is 4. The Hall–Kier alpha value is -1.81. The average molecular weight is 287 g/mol. The summed E-state index contributed by atoms with van der Waals surface area (Å²) in [6.45, 7) is 6.99. The molecule has 1 aromatic rings. The number of rotatable bonds is 6. The van der Waals surface area contributed by atoms with E-state index in [1.54, 1.807) is 0 Å². The van der Waals surface area contributed by atoms with Gasteiger partial charge in [0.2, 0.25) is 0 Å². The maximum absolute atomic E-state index is 6.20. The van der Waals surface area contributed by atoms with E-state index in [2.05, 4.69) is 25.0 Å². The van der Waals surface area contributed by atoms with Gasteiger partial charge < -0.3 is 10.5 Å². The summed E-state index contributed by atoms with van der Waals surface area (Å²) in [7, 11) is 0. The van der Waals surface area contributed by atoms with Crippen molar-refractivity contribution in [1.29, 1.82) is 0 Å². The summed E-state index contributed by atoms with van der Waals surface area (Å²) in [5.41, 5.74) is 9.31. The second-order valence-corrected chi connectivity index (χ2v) is 5.28. The maximum atomic E-state index is 6.20. The zero-order valence-corrected chi connectivity index (χ0v) is 13.2. The summed E-state index contributed by atoms with van der Waals surface area (Å²) in [5, 5.41) is 6.53. The van der Waals surface area contributed by atoms with Gasteiger partial charge in [0.1, 0.15) is 17.6 Å². The standard InChI is InChI=1S/C17H25N3O/c1-4-6-12-21-15-9-7-8-14-10-11-16(18)20(17(14)15)19-13(3)5-2/h7-11,16H,4-6,12,18H2,1-3H3/b19-13-. The van der Waals surface area contributed by atoms with Crippen LogP contribution in [-0.4, -0.2) is 18.5 Å². The summed E-state index contributed by atoms with van der Waals surface area (Å²) in [5.74, 6) is 0.855. The van der Waals surface area contributed by atoms with E-state index < -0.39 is 0 Å². The first-order chi connectivity index (χ1) is 10.2. The lowest BCUT2D eigenvalue weighted by molar-refractivity contribution is 0.309. The predicted octanol–water partition coefficient (Wildman–Crippen LogP) is 3.77. The number of hydrazone groups is 1. The highest BCUT2D eigenvalue weighted by atomic mass is 16.5. The zero-order chi connectivity index (χ0) is 15.2. The molecule has 0 radical (unpaired) electrons. The quantitative estimate of drug-likeness (QED) is 0.640. The van der Waals surface area contributed by atoms with Crippen LogP contribution in [0.5, 0.6) is 5.75 Å². The van der Waals surface area contributed by atoms with Crippen molar-refractivity contribution >= 4 is 17.5 Å². The molecule has 4 heteroatoms. The average Bonchev–Trinajstić information content (AvgIpc) is 2.50. The molecule has 1 unspecified atom stereocenters. The number of fused-ring (bicyclic) bond motifs is 1. The van der Waals surface area contributed by atoms with Crippen LogP contribution >= 0.6 is 0 Å². The van der Waals surface area contributed by atoms with Gasteiger partial charge in [-0.05, 0) is 31.9 Å². The molecule has 0 spiro atoms. The van der Waals surface area contributed by atoms with Gasteiger partial charge >= 0.3 is 0 Å². The van der Waals surface area contributed by atoms with Crippen LogP contribution in [0.15, 0.2) is 29.4 Å². The summed E-state index contributed by atoms with van der Waals surface area (Å²) >= 11 is 0. The minimum atomic E-state index is -0.255. The van der Waals surface area contributed by atoms with Crippen LogP contribution in [0.4, 0.5) is 5.69 Å². The molecule has 1 heterocycles. The van der Waals surface area contributed by atoms with Crippen molar-refractivity contribution in [3.8, 4) is 5.75 Å². The number of nitrogens with two attached hydrogens (primary N) is 1. The molecule has 0 saturated heterocycles. The van der Waals surface area contributed by atoms with Crippen molar-refractivity contribution in [2.45, 2.75) is 46.2 Å². The van der Waals surface area contributed by atoms with Gasteiger partial charge in [0.05, 0.1) is 6.61 Å². The van der Waals surface area contributed by atoms with E-state index in [1.807, 2.05) is 36.2 Å².